The van der Waals surface area contributed by atoms with E-state index >= 15 is 0 Å². The average Bonchev–Trinajstić information content (AvgIpc) is 2.78. The molecule has 0 aliphatic rings. The molecule has 19 heavy (non-hydrogen) atoms. The summed E-state index contributed by atoms with van der Waals surface area (Å²) in [4.78, 5) is 8.44. The third-order valence-corrected chi connectivity index (χ3v) is 2.98. The number of nitrogens with zero attached hydrogens (tertiary/aromatic N) is 4. The second-order valence-electron chi connectivity index (χ2n) is 5.16. The fourth-order valence-corrected chi connectivity index (χ4v) is 1.91. The van der Waals surface area contributed by atoms with Crippen molar-refractivity contribution in [1.82, 2.24) is 25.1 Å². The van der Waals surface area contributed by atoms with E-state index in [1.165, 1.54) is 11.1 Å². The predicted molar refractivity (Wildman–Crippen MR) is 74.4 cm³/mol. The van der Waals surface area contributed by atoms with E-state index in [0.29, 0.717) is 5.92 Å². The molecule has 0 saturated heterocycles. The summed E-state index contributed by atoms with van der Waals surface area (Å²) in [6.45, 7) is 8.88. The maximum absolute atomic E-state index is 4.30. The van der Waals surface area contributed by atoms with Crippen molar-refractivity contribution in [3.8, 4) is 0 Å². The zero-order valence-electron chi connectivity index (χ0n) is 11.8. The lowest BCUT2D eigenvalue weighted by Gasteiger charge is -2.10. The highest BCUT2D eigenvalue weighted by Gasteiger charge is 2.06. The van der Waals surface area contributed by atoms with Gasteiger partial charge in [0.15, 0.2) is 0 Å². The van der Waals surface area contributed by atoms with Gasteiger partial charge in [-0.25, -0.2) is 9.67 Å². The highest BCUT2D eigenvalue weighted by atomic mass is 15.3. The molecule has 0 aliphatic heterocycles. The van der Waals surface area contributed by atoms with Crippen molar-refractivity contribution in [3.05, 3.63) is 41.7 Å². The molecule has 5 nitrogen and oxygen atoms in total. The van der Waals surface area contributed by atoms with E-state index < -0.39 is 0 Å². The maximum atomic E-state index is 4.30. The van der Waals surface area contributed by atoms with Crippen molar-refractivity contribution in [3.63, 3.8) is 0 Å². The van der Waals surface area contributed by atoms with Crippen molar-refractivity contribution in [2.24, 2.45) is 5.92 Å². The summed E-state index contributed by atoms with van der Waals surface area (Å²) in [5.41, 5.74) is 2.48. The molecule has 2 aromatic heterocycles. The summed E-state index contributed by atoms with van der Waals surface area (Å²) in [6, 6.07) is 2.03. The Morgan fingerprint density at radius 1 is 1.32 bits per heavy atom. The minimum atomic E-state index is 0.570. The van der Waals surface area contributed by atoms with Crippen LogP contribution in [0.25, 0.3) is 0 Å². The molecule has 0 aromatic carbocycles. The number of rotatable bonds is 6. The Morgan fingerprint density at radius 2 is 2.16 bits per heavy atom. The normalized spacial score (nSPS) is 11.2. The van der Waals surface area contributed by atoms with Gasteiger partial charge in [0.25, 0.3) is 0 Å². The average molecular weight is 259 g/mol. The number of aryl methyl sites for hydroxylation is 1. The highest BCUT2D eigenvalue weighted by Crippen LogP contribution is 2.05. The van der Waals surface area contributed by atoms with Crippen LogP contribution in [0.3, 0.4) is 0 Å². The first-order valence-corrected chi connectivity index (χ1v) is 6.63. The third kappa shape index (κ3) is 3.86. The standard InChI is InChI=1S/C14H21N5/c1-11(2)9-19-14(17-10-18-19)8-16-7-13-6-15-5-4-12(13)3/h4-6,10-11,16H,7-9H2,1-3H3. The maximum Gasteiger partial charge on any atom is 0.140 e. The summed E-state index contributed by atoms with van der Waals surface area (Å²) in [5, 5.41) is 7.65. The summed E-state index contributed by atoms with van der Waals surface area (Å²) >= 11 is 0. The van der Waals surface area contributed by atoms with Crippen molar-refractivity contribution < 1.29 is 0 Å². The summed E-state index contributed by atoms with van der Waals surface area (Å²) in [5.74, 6) is 1.55. The minimum Gasteiger partial charge on any atom is -0.306 e. The van der Waals surface area contributed by atoms with Crippen LogP contribution < -0.4 is 5.32 Å². The van der Waals surface area contributed by atoms with E-state index in [0.717, 1.165) is 25.5 Å². The lowest BCUT2D eigenvalue weighted by Crippen LogP contribution is -2.19. The lowest BCUT2D eigenvalue weighted by atomic mass is 10.1. The molecule has 0 atom stereocenters. The second-order valence-corrected chi connectivity index (χ2v) is 5.16. The molecule has 1 N–H and O–H groups in total. The van der Waals surface area contributed by atoms with Gasteiger partial charge in [-0.2, -0.15) is 5.10 Å². The Bertz CT molecular complexity index is 518. The largest absolute Gasteiger partial charge is 0.306 e. The highest BCUT2D eigenvalue weighted by molar-refractivity contribution is 5.20. The number of pyridine rings is 1. The zero-order chi connectivity index (χ0) is 13.7. The molecule has 2 heterocycles. The van der Waals surface area contributed by atoms with Crippen LogP contribution in [0.1, 0.15) is 30.8 Å². The molecular weight excluding hydrogens is 238 g/mol. The summed E-state index contributed by atoms with van der Waals surface area (Å²) in [6.07, 6.45) is 5.34. The molecule has 102 valence electrons. The molecule has 0 fully saturated rings. The molecule has 0 amide bonds. The lowest BCUT2D eigenvalue weighted by molar-refractivity contribution is 0.457. The smallest absolute Gasteiger partial charge is 0.140 e. The molecular formula is C14H21N5. The van der Waals surface area contributed by atoms with Gasteiger partial charge in [-0.1, -0.05) is 13.8 Å². The number of hydrogen-bond acceptors (Lipinski definition) is 4. The number of hydrogen-bond donors (Lipinski definition) is 1. The van der Waals surface area contributed by atoms with Gasteiger partial charge in [-0.3, -0.25) is 4.98 Å². The van der Waals surface area contributed by atoms with Crippen molar-refractivity contribution in [1.29, 1.82) is 0 Å². The zero-order valence-corrected chi connectivity index (χ0v) is 11.8. The van der Waals surface area contributed by atoms with Gasteiger partial charge in [0.05, 0.1) is 6.54 Å². The predicted octanol–water partition coefficient (Wildman–Crippen LogP) is 1.93. The van der Waals surface area contributed by atoms with Gasteiger partial charge in [0.1, 0.15) is 12.2 Å². The van der Waals surface area contributed by atoms with E-state index in [4.69, 9.17) is 0 Å². The summed E-state index contributed by atoms with van der Waals surface area (Å²) < 4.78 is 1.97. The molecule has 0 unspecified atom stereocenters. The number of nitrogens with one attached hydrogen (secondary N) is 1. The van der Waals surface area contributed by atoms with Crippen LogP contribution in [0.2, 0.25) is 0 Å². The van der Waals surface area contributed by atoms with Crippen molar-refractivity contribution >= 4 is 0 Å². The molecule has 0 bridgehead atoms. The quantitative estimate of drug-likeness (QED) is 0.861. The fourth-order valence-electron chi connectivity index (χ4n) is 1.91. The van der Waals surface area contributed by atoms with Crippen LogP contribution in [0.4, 0.5) is 0 Å². The van der Waals surface area contributed by atoms with Crippen LogP contribution >= 0.6 is 0 Å². The van der Waals surface area contributed by atoms with Crippen LogP contribution in [0.15, 0.2) is 24.8 Å². The van der Waals surface area contributed by atoms with E-state index in [-0.39, 0.29) is 0 Å². The monoisotopic (exact) mass is 259 g/mol. The Labute approximate surface area is 114 Å². The van der Waals surface area contributed by atoms with E-state index in [9.17, 15) is 0 Å². The Balaban J connectivity index is 1.89. The first-order valence-electron chi connectivity index (χ1n) is 6.63. The molecule has 2 rings (SSSR count). The first-order chi connectivity index (χ1) is 9.16. The Morgan fingerprint density at radius 3 is 2.89 bits per heavy atom. The Hall–Kier alpha value is -1.75. The molecule has 0 radical (unpaired) electrons. The van der Waals surface area contributed by atoms with Gasteiger partial charge < -0.3 is 5.32 Å². The third-order valence-electron chi connectivity index (χ3n) is 2.98. The van der Waals surface area contributed by atoms with Crippen LogP contribution in [-0.4, -0.2) is 19.7 Å². The van der Waals surface area contributed by atoms with Crippen LogP contribution in [0, 0.1) is 12.8 Å². The van der Waals surface area contributed by atoms with Gasteiger partial charge in [0.2, 0.25) is 0 Å². The van der Waals surface area contributed by atoms with Gasteiger partial charge in [-0.05, 0) is 30.0 Å². The molecule has 5 heteroatoms. The van der Waals surface area contributed by atoms with E-state index in [1.54, 1.807) is 6.33 Å². The fraction of sp³-hybridized carbons (Fsp3) is 0.500. The molecule has 0 aliphatic carbocycles. The van der Waals surface area contributed by atoms with Gasteiger partial charge in [0, 0.05) is 25.5 Å². The second kappa shape index (κ2) is 6.43. The minimum absolute atomic E-state index is 0.570. The van der Waals surface area contributed by atoms with Crippen LogP contribution in [0.5, 0.6) is 0 Å². The van der Waals surface area contributed by atoms with Gasteiger partial charge >= 0.3 is 0 Å². The molecule has 0 spiro atoms. The summed E-state index contributed by atoms with van der Waals surface area (Å²) in [7, 11) is 0. The van der Waals surface area contributed by atoms with Gasteiger partial charge in [-0.15, -0.1) is 0 Å². The Kier molecular flexibility index (Phi) is 4.63. The van der Waals surface area contributed by atoms with Crippen LogP contribution in [-0.2, 0) is 19.6 Å². The SMILES string of the molecule is Cc1ccncc1CNCc1ncnn1CC(C)C. The molecule has 0 saturated carbocycles. The first kappa shape index (κ1) is 13.7. The van der Waals surface area contributed by atoms with Crippen molar-refractivity contribution in [2.75, 3.05) is 0 Å². The molecule has 2 aromatic rings. The van der Waals surface area contributed by atoms with Crippen molar-refractivity contribution in [2.45, 2.75) is 40.4 Å². The van der Waals surface area contributed by atoms with E-state index in [1.807, 2.05) is 23.1 Å². The van der Waals surface area contributed by atoms with E-state index in [2.05, 4.69) is 41.2 Å². The number of aromatic nitrogens is 4. The topological polar surface area (TPSA) is 55.6 Å².